The number of carbonyl (C=O) groups is 1. The molecule has 1 heterocycles. The van der Waals surface area contributed by atoms with Crippen LogP contribution in [0.4, 0.5) is 0 Å². The van der Waals surface area contributed by atoms with Gasteiger partial charge in [-0.2, -0.15) is 4.80 Å². The van der Waals surface area contributed by atoms with E-state index < -0.39 is 0 Å². The summed E-state index contributed by atoms with van der Waals surface area (Å²) in [5, 5.41) is 12.2. The maximum Gasteiger partial charge on any atom is 0.246 e. The first kappa shape index (κ1) is 17.1. The van der Waals surface area contributed by atoms with E-state index >= 15 is 0 Å². The van der Waals surface area contributed by atoms with Crippen LogP contribution in [-0.2, 0) is 11.3 Å². The Morgan fingerprint density at radius 1 is 1.30 bits per heavy atom. The molecule has 0 fully saturated rings. The molecule has 0 spiro atoms. The molecule has 2 N–H and O–H groups in total. The van der Waals surface area contributed by atoms with E-state index in [1.807, 2.05) is 45.0 Å². The minimum atomic E-state index is -0.118. The van der Waals surface area contributed by atoms with E-state index in [2.05, 4.69) is 15.4 Å². The summed E-state index contributed by atoms with van der Waals surface area (Å²) >= 11 is 0. The fraction of sp³-hybridized carbons (Fsp3) is 0.500. The van der Waals surface area contributed by atoms with Gasteiger partial charge in [0.15, 0.2) is 0 Å². The van der Waals surface area contributed by atoms with Gasteiger partial charge in [0.2, 0.25) is 11.7 Å². The van der Waals surface area contributed by atoms with Gasteiger partial charge in [-0.3, -0.25) is 4.79 Å². The van der Waals surface area contributed by atoms with Crippen molar-refractivity contribution in [2.45, 2.75) is 27.3 Å². The van der Waals surface area contributed by atoms with E-state index in [0.717, 1.165) is 5.56 Å². The Kier molecular flexibility index (Phi) is 5.10. The van der Waals surface area contributed by atoms with Gasteiger partial charge < -0.3 is 10.6 Å². The Balaban J connectivity index is 2.01. The van der Waals surface area contributed by atoms with Gasteiger partial charge in [0, 0.05) is 19.2 Å². The molecular formula is C16H24N6O. The predicted molar refractivity (Wildman–Crippen MR) is 88.5 cm³/mol. The quantitative estimate of drug-likeness (QED) is 0.861. The van der Waals surface area contributed by atoms with Gasteiger partial charge in [0.1, 0.15) is 6.54 Å². The van der Waals surface area contributed by atoms with Crippen LogP contribution in [0.1, 0.15) is 19.4 Å². The Morgan fingerprint density at radius 2 is 1.96 bits per heavy atom. The molecule has 2 aromatic rings. The highest BCUT2D eigenvalue weighted by molar-refractivity contribution is 5.75. The number of carbonyl (C=O) groups excluding carboxylic acids is 1. The van der Waals surface area contributed by atoms with Crippen molar-refractivity contribution >= 4 is 5.91 Å². The zero-order chi connectivity index (χ0) is 17.0. The second kappa shape index (κ2) is 6.87. The molecule has 124 valence electrons. The van der Waals surface area contributed by atoms with Gasteiger partial charge in [-0.15, -0.1) is 10.2 Å². The number of benzene rings is 1. The second-order valence-electron chi connectivity index (χ2n) is 6.63. The Bertz CT molecular complexity index is 661. The minimum absolute atomic E-state index is 0.0655. The van der Waals surface area contributed by atoms with Gasteiger partial charge >= 0.3 is 0 Å². The van der Waals surface area contributed by atoms with E-state index in [1.165, 1.54) is 10.4 Å². The van der Waals surface area contributed by atoms with Crippen molar-refractivity contribution in [2.75, 3.05) is 20.1 Å². The maximum absolute atomic E-state index is 12.3. The fourth-order valence-electron chi connectivity index (χ4n) is 2.16. The van der Waals surface area contributed by atoms with Crippen molar-refractivity contribution in [3.63, 3.8) is 0 Å². The predicted octanol–water partition coefficient (Wildman–Crippen LogP) is 1.09. The van der Waals surface area contributed by atoms with Gasteiger partial charge in [-0.25, -0.2) is 0 Å². The van der Waals surface area contributed by atoms with Crippen LogP contribution in [0.5, 0.6) is 0 Å². The van der Waals surface area contributed by atoms with E-state index in [-0.39, 0.29) is 17.9 Å². The molecule has 1 aromatic heterocycles. The number of rotatable bonds is 6. The summed E-state index contributed by atoms with van der Waals surface area (Å²) in [6.45, 7) is 7.24. The molecule has 0 atom stereocenters. The molecule has 0 radical (unpaired) electrons. The zero-order valence-corrected chi connectivity index (χ0v) is 14.2. The number of nitrogens with zero attached hydrogens (tertiary/aromatic N) is 5. The van der Waals surface area contributed by atoms with Crippen molar-refractivity contribution in [3.05, 3.63) is 29.8 Å². The normalized spacial score (nSPS) is 11.5. The molecule has 7 heteroatoms. The van der Waals surface area contributed by atoms with Crippen LogP contribution >= 0.6 is 0 Å². The number of aromatic nitrogens is 4. The molecule has 0 unspecified atom stereocenters. The van der Waals surface area contributed by atoms with Crippen LogP contribution in [0.2, 0.25) is 0 Å². The van der Waals surface area contributed by atoms with Crippen LogP contribution in [0.15, 0.2) is 24.3 Å². The molecule has 0 aliphatic rings. The Labute approximate surface area is 136 Å². The number of hydrogen-bond donors (Lipinski definition) is 1. The molecule has 0 saturated carbocycles. The number of hydrogen-bond acceptors (Lipinski definition) is 5. The molecule has 0 aliphatic heterocycles. The molecule has 7 nitrogen and oxygen atoms in total. The van der Waals surface area contributed by atoms with Crippen LogP contribution in [0.25, 0.3) is 11.4 Å². The molecule has 0 bridgehead atoms. The van der Waals surface area contributed by atoms with Crippen LogP contribution in [0.3, 0.4) is 0 Å². The summed E-state index contributed by atoms with van der Waals surface area (Å²) in [5.41, 5.74) is 7.64. The van der Waals surface area contributed by atoms with Crippen molar-refractivity contribution in [1.29, 1.82) is 0 Å². The number of aryl methyl sites for hydroxylation is 1. The summed E-state index contributed by atoms with van der Waals surface area (Å²) in [7, 11) is 1.76. The molecule has 0 aliphatic carbocycles. The third kappa shape index (κ3) is 4.59. The number of likely N-dealkylation sites (N-methyl/N-ethyl adjacent to an activating group) is 1. The van der Waals surface area contributed by atoms with Crippen molar-refractivity contribution in [1.82, 2.24) is 25.1 Å². The molecule has 0 saturated heterocycles. The van der Waals surface area contributed by atoms with Crippen molar-refractivity contribution in [3.8, 4) is 11.4 Å². The van der Waals surface area contributed by atoms with Crippen LogP contribution < -0.4 is 5.73 Å². The van der Waals surface area contributed by atoms with Gasteiger partial charge in [-0.05, 0) is 24.1 Å². The lowest BCUT2D eigenvalue weighted by molar-refractivity contribution is -0.132. The van der Waals surface area contributed by atoms with E-state index in [1.54, 1.807) is 11.9 Å². The highest BCUT2D eigenvalue weighted by Gasteiger charge is 2.21. The lowest BCUT2D eigenvalue weighted by Gasteiger charge is -2.28. The molecule has 1 aromatic carbocycles. The summed E-state index contributed by atoms with van der Waals surface area (Å²) in [6, 6.07) is 7.86. The van der Waals surface area contributed by atoms with Crippen LogP contribution in [-0.4, -0.2) is 51.2 Å². The highest BCUT2D eigenvalue weighted by Crippen LogP contribution is 2.15. The van der Waals surface area contributed by atoms with E-state index in [0.29, 0.717) is 18.9 Å². The summed E-state index contributed by atoms with van der Waals surface area (Å²) in [4.78, 5) is 15.2. The zero-order valence-electron chi connectivity index (χ0n) is 14.2. The summed E-state index contributed by atoms with van der Waals surface area (Å²) in [6.07, 6.45) is 0. The molecule has 2 rings (SSSR count). The van der Waals surface area contributed by atoms with Gasteiger partial charge in [0.05, 0.1) is 0 Å². The first-order chi connectivity index (χ1) is 10.8. The highest BCUT2D eigenvalue weighted by atomic mass is 16.2. The lowest BCUT2D eigenvalue weighted by Crippen LogP contribution is -2.41. The van der Waals surface area contributed by atoms with Crippen LogP contribution in [0, 0.1) is 12.3 Å². The average molecular weight is 316 g/mol. The van der Waals surface area contributed by atoms with E-state index in [9.17, 15) is 4.79 Å². The monoisotopic (exact) mass is 316 g/mol. The van der Waals surface area contributed by atoms with Gasteiger partial charge in [-0.1, -0.05) is 43.7 Å². The molecular weight excluding hydrogens is 292 g/mol. The standard InChI is InChI=1S/C16H24N6O/c1-12-5-7-13(8-6-12)15-18-20-22(19-15)9-14(23)21(4)11-16(2,3)10-17/h5-8H,9-11,17H2,1-4H3. The van der Waals surface area contributed by atoms with E-state index in [4.69, 9.17) is 5.73 Å². The lowest BCUT2D eigenvalue weighted by atomic mass is 9.93. The minimum Gasteiger partial charge on any atom is -0.344 e. The third-order valence-electron chi connectivity index (χ3n) is 3.68. The fourth-order valence-corrected chi connectivity index (χ4v) is 2.16. The number of tetrazole rings is 1. The summed E-state index contributed by atoms with van der Waals surface area (Å²) < 4.78 is 0. The molecule has 23 heavy (non-hydrogen) atoms. The van der Waals surface area contributed by atoms with Crippen molar-refractivity contribution in [2.24, 2.45) is 11.1 Å². The first-order valence-corrected chi connectivity index (χ1v) is 7.59. The molecule has 1 amide bonds. The topological polar surface area (TPSA) is 89.9 Å². The number of nitrogens with two attached hydrogens (primary N) is 1. The maximum atomic E-state index is 12.3. The smallest absolute Gasteiger partial charge is 0.246 e. The Hall–Kier alpha value is -2.28. The first-order valence-electron chi connectivity index (χ1n) is 7.59. The largest absolute Gasteiger partial charge is 0.344 e. The number of amides is 1. The third-order valence-corrected chi connectivity index (χ3v) is 3.68. The second-order valence-corrected chi connectivity index (χ2v) is 6.63. The average Bonchev–Trinajstić information content (AvgIpc) is 2.96. The summed E-state index contributed by atoms with van der Waals surface area (Å²) in [5.74, 6) is 0.446. The van der Waals surface area contributed by atoms with Crippen molar-refractivity contribution < 1.29 is 4.79 Å². The SMILES string of the molecule is Cc1ccc(-c2nnn(CC(=O)N(C)CC(C)(C)CN)n2)cc1. The van der Waals surface area contributed by atoms with Gasteiger partial charge in [0.25, 0.3) is 0 Å². The Morgan fingerprint density at radius 3 is 2.57 bits per heavy atom.